The lowest BCUT2D eigenvalue weighted by Crippen LogP contribution is -2.36. The van der Waals surface area contributed by atoms with Crippen molar-refractivity contribution in [3.63, 3.8) is 0 Å². The van der Waals surface area contributed by atoms with Crippen molar-refractivity contribution in [2.75, 3.05) is 49.5 Å². The van der Waals surface area contributed by atoms with Crippen LogP contribution >= 0.6 is 0 Å². The molecule has 2 heterocycles. The molecule has 2 aromatic carbocycles. The van der Waals surface area contributed by atoms with Crippen LogP contribution in [0.1, 0.15) is 27.0 Å². The molecule has 0 spiro atoms. The largest absolute Gasteiger partial charge is 0.419 e. The number of anilines is 3. The first-order valence-electron chi connectivity index (χ1n) is 11.9. The summed E-state index contributed by atoms with van der Waals surface area (Å²) >= 11 is 0. The van der Waals surface area contributed by atoms with Crippen molar-refractivity contribution in [2.24, 2.45) is 0 Å². The van der Waals surface area contributed by atoms with Gasteiger partial charge in [0.2, 0.25) is 0 Å². The van der Waals surface area contributed by atoms with Gasteiger partial charge < -0.3 is 20.5 Å². The SMILES string of the molecule is Cc1ccc(NC(=O)c2cc(N(C)CCN(C)C)c(F)c(C(F)(F)F)c2)cc1N1C=C(c2cncnc2)NN1. The van der Waals surface area contributed by atoms with Crippen LogP contribution in [0.4, 0.5) is 34.6 Å². The molecule has 3 N–H and O–H groups in total. The summed E-state index contributed by atoms with van der Waals surface area (Å²) in [5.74, 6) is -2.22. The van der Waals surface area contributed by atoms with Gasteiger partial charge in [-0.2, -0.15) is 13.2 Å². The minimum Gasteiger partial charge on any atom is -0.371 e. The number of likely N-dealkylation sites (N-methyl/N-ethyl adjacent to an activating group) is 2. The Hall–Kier alpha value is -4.23. The van der Waals surface area contributed by atoms with Gasteiger partial charge in [0.15, 0.2) is 5.82 Å². The highest BCUT2D eigenvalue weighted by molar-refractivity contribution is 6.05. The van der Waals surface area contributed by atoms with Crippen molar-refractivity contribution in [1.29, 1.82) is 0 Å². The van der Waals surface area contributed by atoms with Crippen LogP contribution < -0.4 is 26.2 Å². The van der Waals surface area contributed by atoms with E-state index in [4.69, 9.17) is 0 Å². The van der Waals surface area contributed by atoms with E-state index in [1.54, 1.807) is 55.9 Å². The number of aryl methyl sites for hydroxylation is 1. The van der Waals surface area contributed by atoms with Crippen LogP contribution in [0.25, 0.3) is 5.70 Å². The number of hydrogen-bond donors (Lipinski definition) is 3. The molecule has 0 saturated heterocycles. The van der Waals surface area contributed by atoms with Gasteiger partial charge >= 0.3 is 6.18 Å². The van der Waals surface area contributed by atoms with Gasteiger partial charge in [0.1, 0.15) is 6.33 Å². The second-order valence-electron chi connectivity index (χ2n) is 9.31. The van der Waals surface area contributed by atoms with Crippen LogP contribution in [0.3, 0.4) is 0 Å². The molecule has 0 saturated carbocycles. The first kappa shape index (κ1) is 27.8. The number of hydrogen-bond acceptors (Lipinski definition) is 8. The average molecular weight is 545 g/mol. The van der Waals surface area contributed by atoms with E-state index in [2.05, 4.69) is 26.2 Å². The highest BCUT2D eigenvalue weighted by atomic mass is 19.4. The third-order valence-corrected chi connectivity index (χ3v) is 6.08. The van der Waals surface area contributed by atoms with Gasteiger partial charge in [-0.15, -0.1) is 5.53 Å². The number of amides is 1. The molecular weight excluding hydrogens is 516 g/mol. The summed E-state index contributed by atoms with van der Waals surface area (Å²) in [5.41, 5.74) is 7.21. The number of alkyl halides is 3. The van der Waals surface area contributed by atoms with Crippen molar-refractivity contribution in [1.82, 2.24) is 25.8 Å². The molecule has 1 aromatic heterocycles. The summed E-state index contributed by atoms with van der Waals surface area (Å²) in [5, 5.41) is 4.32. The minimum atomic E-state index is -4.98. The Morgan fingerprint density at radius 3 is 2.46 bits per heavy atom. The van der Waals surface area contributed by atoms with Crippen LogP contribution in [0.15, 0.2) is 55.3 Å². The van der Waals surface area contributed by atoms with Crippen molar-refractivity contribution >= 4 is 28.7 Å². The molecule has 9 nitrogen and oxygen atoms in total. The first-order valence-corrected chi connectivity index (χ1v) is 11.9. The molecule has 0 bridgehead atoms. The van der Waals surface area contributed by atoms with Gasteiger partial charge in [0.25, 0.3) is 5.91 Å². The maximum atomic E-state index is 14.9. The monoisotopic (exact) mass is 544 g/mol. The summed E-state index contributed by atoms with van der Waals surface area (Å²) in [6.45, 7) is 2.60. The Balaban J connectivity index is 1.61. The minimum absolute atomic E-state index is 0.259. The van der Waals surface area contributed by atoms with E-state index in [9.17, 15) is 22.4 Å². The Morgan fingerprint density at radius 2 is 1.79 bits per heavy atom. The normalized spacial score (nSPS) is 13.4. The van der Waals surface area contributed by atoms with Crippen LogP contribution in [0.5, 0.6) is 0 Å². The van der Waals surface area contributed by atoms with Crippen LogP contribution in [0, 0.1) is 12.7 Å². The van der Waals surface area contributed by atoms with Gasteiger partial charge in [0.05, 0.1) is 22.6 Å². The fourth-order valence-corrected chi connectivity index (χ4v) is 3.87. The molecule has 1 amide bonds. The lowest BCUT2D eigenvalue weighted by Gasteiger charge is -2.24. The zero-order valence-electron chi connectivity index (χ0n) is 21.8. The van der Waals surface area contributed by atoms with Gasteiger partial charge in [-0.05, 0) is 50.8 Å². The number of carbonyl (C=O) groups excluding carboxylic acids is 1. The van der Waals surface area contributed by atoms with E-state index in [1.807, 2.05) is 11.8 Å². The van der Waals surface area contributed by atoms with E-state index in [1.165, 1.54) is 18.3 Å². The van der Waals surface area contributed by atoms with Gasteiger partial charge in [0, 0.05) is 55.5 Å². The maximum absolute atomic E-state index is 14.9. The molecule has 39 heavy (non-hydrogen) atoms. The summed E-state index contributed by atoms with van der Waals surface area (Å²) < 4.78 is 55.9. The number of carbonyl (C=O) groups is 1. The van der Waals surface area contributed by atoms with E-state index in [0.717, 1.165) is 17.2 Å². The van der Waals surface area contributed by atoms with Crippen molar-refractivity contribution in [3.05, 3.63) is 83.3 Å². The number of hydrazine groups is 2. The number of rotatable bonds is 8. The number of aromatic nitrogens is 2. The molecule has 3 aromatic rings. The third kappa shape index (κ3) is 6.44. The van der Waals surface area contributed by atoms with Crippen molar-refractivity contribution in [2.45, 2.75) is 13.1 Å². The first-order chi connectivity index (χ1) is 18.4. The highest BCUT2D eigenvalue weighted by Gasteiger charge is 2.37. The zero-order chi connectivity index (χ0) is 28.3. The Labute approximate surface area is 223 Å². The summed E-state index contributed by atoms with van der Waals surface area (Å²) in [6, 6.07) is 6.73. The quantitative estimate of drug-likeness (QED) is 0.367. The smallest absolute Gasteiger partial charge is 0.371 e. The molecule has 0 radical (unpaired) electrons. The fourth-order valence-electron chi connectivity index (χ4n) is 3.87. The molecule has 1 aliphatic heterocycles. The maximum Gasteiger partial charge on any atom is 0.419 e. The average Bonchev–Trinajstić information content (AvgIpc) is 3.38. The van der Waals surface area contributed by atoms with E-state index < -0.39 is 23.5 Å². The molecule has 4 rings (SSSR count). The third-order valence-electron chi connectivity index (χ3n) is 6.08. The van der Waals surface area contributed by atoms with E-state index in [0.29, 0.717) is 29.7 Å². The predicted octanol–water partition coefficient (Wildman–Crippen LogP) is 4.02. The number of halogens is 4. The highest BCUT2D eigenvalue weighted by Crippen LogP contribution is 2.36. The number of benzene rings is 2. The lowest BCUT2D eigenvalue weighted by atomic mass is 10.1. The number of nitrogens with one attached hydrogen (secondary N) is 3. The Morgan fingerprint density at radius 1 is 1.08 bits per heavy atom. The lowest BCUT2D eigenvalue weighted by molar-refractivity contribution is -0.139. The second kappa shape index (κ2) is 11.3. The van der Waals surface area contributed by atoms with Crippen LogP contribution in [-0.2, 0) is 6.18 Å². The predicted molar refractivity (Wildman–Crippen MR) is 141 cm³/mol. The molecule has 1 aliphatic rings. The summed E-state index contributed by atoms with van der Waals surface area (Å²) in [4.78, 5) is 24.3. The Bertz CT molecular complexity index is 1380. The van der Waals surface area contributed by atoms with Gasteiger partial charge in [-0.3, -0.25) is 9.80 Å². The molecule has 0 atom stereocenters. The summed E-state index contributed by atoms with van der Waals surface area (Å²) in [7, 11) is 5.08. The molecule has 0 fully saturated rings. The standard InChI is InChI=1S/C26H28F4N8O/c1-16-5-6-19(11-22(16)38-14-21(34-35-38)18-12-31-15-32-13-18)33-25(39)17-9-20(26(28,29)30)24(27)23(10-17)37(4)8-7-36(2)3/h5-6,9-15,34-35H,7-8H2,1-4H3,(H,33,39). The topological polar surface area (TPSA) is 88.7 Å². The number of nitrogens with zero attached hydrogens (tertiary/aromatic N) is 5. The molecule has 0 aliphatic carbocycles. The molecule has 13 heteroatoms. The molecule has 206 valence electrons. The van der Waals surface area contributed by atoms with Crippen LogP contribution in [0.2, 0.25) is 0 Å². The van der Waals surface area contributed by atoms with E-state index in [-0.39, 0.29) is 17.8 Å². The Kier molecular flexibility index (Phi) is 8.02. The fraction of sp³-hybridized carbons (Fsp3) is 0.269. The molecule has 0 unspecified atom stereocenters. The summed E-state index contributed by atoms with van der Waals surface area (Å²) in [6.07, 6.45) is 1.51. The van der Waals surface area contributed by atoms with Crippen molar-refractivity contribution in [3.8, 4) is 0 Å². The zero-order valence-corrected chi connectivity index (χ0v) is 21.8. The van der Waals surface area contributed by atoms with Crippen molar-refractivity contribution < 1.29 is 22.4 Å². The van der Waals surface area contributed by atoms with Gasteiger partial charge in [-0.25, -0.2) is 14.4 Å². The van der Waals surface area contributed by atoms with Crippen LogP contribution in [-0.4, -0.2) is 55.0 Å². The molecular formula is C26H28F4N8O. The van der Waals surface area contributed by atoms with E-state index >= 15 is 0 Å². The second-order valence-corrected chi connectivity index (χ2v) is 9.31. The van der Waals surface area contributed by atoms with Gasteiger partial charge in [-0.1, -0.05) is 6.07 Å².